The molecule has 3 rings (SSSR count). The molecule has 0 unspecified atom stereocenters. The van der Waals surface area contributed by atoms with E-state index in [1.807, 2.05) is 0 Å². The van der Waals surface area contributed by atoms with Crippen molar-refractivity contribution in [2.24, 2.45) is 5.14 Å². The number of ether oxygens (including phenoxy) is 1. The molecule has 126 valence electrons. The van der Waals surface area contributed by atoms with Crippen molar-refractivity contribution in [1.29, 1.82) is 0 Å². The van der Waals surface area contributed by atoms with Gasteiger partial charge in [0.15, 0.2) is 11.3 Å². The summed E-state index contributed by atoms with van der Waals surface area (Å²) in [6.07, 6.45) is -3.32. The number of sulfonamides is 1. The molecule has 0 aliphatic carbocycles. The van der Waals surface area contributed by atoms with Crippen LogP contribution in [-0.2, 0) is 14.8 Å². The van der Waals surface area contributed by atoms with Gasteiger partial charge in [0.25, 0.3) is 10.0 Å². The Morgan fingerprint density at radius 3 is 2.57 bits per heavy atom. The highest BCUT2D eigenvalue weighted by molar-refractivity contribution is 7.89. The highest BCUT2D eigenvalue weighted by Gasteiger charge is 2.43. The van der Waals surface area contributed by atoms with E-state index in [1.54, 1.807) is 0 Å². The van der Waals surface area contributed by atoms with Gasteiger partial charge in [-0.05, 0) is 6.07 Å². The van der Waals surface area contributed by atoms with Gasteiger partial charge in [-0.15, -0.1) is 0 Å². The van der Waals surface area contributed by atoms with Crippen molar-refractivity contribution >= 4 is 27.0 Å². The SMILES string of the molecule is Nc1nc(S(N)(=O)=O)c2ccn([C@@H]3O[C@H](CO)[C@@H](O)[C@H]3O)c2n1. The third-order valence-corrected chi connectivity index (χ3v) is 4.47. The molecule has 0 aromatic carbocycles. The number of fused-ring (bicyclic) bond motifs is 1. The highest BCUT2D eigenvalue weighted by atomic mass is 32.2. The molecule has 1 aliphatic heterocycles. The molecule has 2 aromatic heterocycles. The molecule has 4 atom stereocenters. The van der Waals surface area contributed by atoms with Crippen LogP contribution in [0.2, 0.25) is 0 Å². The summed E-state index contributed by atoms with van der Waals surface area (Å²) < 4.78 is 29.9. The van der Waals surface area contributed by atoms with Crippen LogP contribution in [0.4, 0.5) is 5.95 Å². The van der Waals surface area contributed by atoms with E-state index >= 15 is 0 Å². The number of primary sulfonamides is 1. The minimum atomic E-state index is -4.14. The molecule has 7 N–H and O–H groups in total. The van der Waals surface area contributed by atoms with E-state index in [0.29, 0.717) is 0 Å². The fraction of sp³-hybridized carbons (Fsp3) is 0.455. The lowest BCUT2D eigenvalue weighted by atomic mass is 10.1. The lowest BCUT2D eigenvalue weighted by molar-refractivity contribution is -0.0508. The summed E-state index contributed by atoms with van der Waals surface area (Å²) in [6, 6.07) is 1.38. The first-order valence-corrected chi connectivity index (χ1v) is 8.08. The topological polar surface area (TPSA) is 187 Å². The molecule has 2 aromatic rings. The summed E-state index contributed by atoms with van der Waals surface area (Å²) in [6.45, 7) is -0.493. The van der Waals surface area contributed by atoms with E-state index in [-0.39, 0.29) is 17.0 Å². The van der Waals surface area contributed by atoms with Crippen molar-refractivity contribution in [3.05, 3.63) is 12.3 Å². The smallest absolute Gasteiger partial charge is 0.256 e. The van der Waals surface area contributed by atoms with Gasteiger partial charge < -0.3 is 30.4 Å². The Kier molecular flexibility index (Phi) is 3.74. The number of anilines is 1. The molecule has 0 saturated carbocycles. The molecule has 1 fully saturated rings. The zero-order valence-corrected chi connectivity index (χ0v) is 12.5. The summed E-state index contributed by atoms with van der Waals surface area (Å²) in [4.78, 5) is 7.56. The molecule has 0 radical (unpaired) electrons. The molecule has 12 heteroatoms. The summed E-state index contributed by atoms with van der Waals surface area (Å²) in [5, 5.41) is 33.8. The van der Waals surface area contributed by atoms with E-state index in [0.717, 1.165) is 0 Å². The van der Waals surface area contributed by atoms with E-state index < -0.39 is 46.2 Å². The Morgan fingerprint density at radius 1 is 1.30 bits per heavy atom. The van der Waals surface area contributed by atoms with Crippen LogP contribution >= 0.6 is 0 Å². The molecule has 1 aliphatic rings. The number of aliphatic hydroxyl groups excluding tert-OH is 3. The zero-order chi connectivity index (χ0) is 16.9. The van der Waals surface area contributed by atoms with Crippen molar-refractivity contribution in [1.82, 2.24) is 14.5 Å². The van der Waals surface area contributed by atoms with Gasteiger partial charge in [-0.1, -0.05) is 0 Å². The Hall–Kier alpha value is -1.83. The predicted molar refractivity (Wildman–Crippen MR) is 76.3 cm³/mol. The van der Waals surface area contributed by atoms with Gasteiger partial charge in [0.05, 0.1) is 12.0 Å². The van der Waals surface area contributed by atoms with Crippen LogP contribution in [0.5, 0.6) is 0 Å². The number of aliphatic hydroxyl groups is 3. The Morgan fingerprint density at radius 2 is 2.00 bits per heavy atom. The number of hydrogen-bond acceptors (Lipinski definition) is 9. The lowest BCUT2D eigenvalue weighted by Crippen LogP contribution is -2.33. The van der Waals surface area contributed by atoms with Gasteiger partial charge in [-0.2, -0.15) is 9.97 Å². The van der Waals surface area contributed by atoms with Crippen LogP contribution in [-0.4, -0.2) is 63.2 Å². The number of rotatable bonds is 3. The number of nitrogen functional groups attached to an aromatic ring is 1. The van der Waals surface area contributed by atoms with Gasteiger partial charge in [-0.3, -0.25) is 0 Å². The van der Waals surface area contributed by atoms with E-state index in [9.17, 15) is 18.6 Å². The van der Waals surface area contributed by atoms with Crippen LogP contribution < -0.4 is 10.9 Å². The van der Waals surface area contributed by atoms with Crippen molar-refractivity contribution in [2.45, 2.75) is 29.6 Å². The summed E-state index contributed by atoms with van der Waals surface area (Å²) in [5.41, 5.74) is 5.58. The van der Waals surface area contributed by atoms with Crippen LogP contribution in [0, 0.1) is 0 Å². The molecule has 0 amide bonds. The molecular formula is C11H15N5O6S. The van der Waals surface area contributed by atoms with Gasteiger partial charge in [0.2, 0.25) is 5.95 Å². The fourth-order valence-corrected chi connectivity index (χ4v) is 3.24. The number of aromatic nitrogens is 3. The molecule has 3 heterocycles. The largest absolute Gasteiger partial charge is 0.394 e. The Bertz CT molecular complexity index is 852. The highest BCUT2D eigenvalue weighted by Crippen LogP contribution is 2.33. The fourth-order valence-electron chi connectivity index (χ4n) is 2.55. The van der Waals surface area contributed by atoms with Crippen molar-refractivity contribution < 1.29 is 28.5 Å². The zero-order valence-electron chi connectivity index (χ0n) is 11.6. The Labute approximate surface area is 130 Å². The minimum absolute atomic E-state index is 0.0661. The van der Waals surface area contributed by atoms with Crippen LogP contribution in [0.25, 0.3) is 11.0 Å². The quantitative estimate of drug-likeness (QED) is 0.368. The predicted octanol–water partition coefficient (Wildman–Crippen LogP) is -2.73. The van der Waals surface area contributed by atoms with Crippen molar-refractivity contribution in [3.8, 4) is 0 Å². The number of nitrogens with zero attached hydrogens (tertiary/aromatic N) is 3. The molecule has 0 spiro atoms. The van der Waals surface area contributed by atoms with Crippen LogP contribution in [0.1, 0.15) is 6.23 Å². The van der Waals surface area contributed by atoms with Crippen molar-refractivity contribution in [2.75, 3.05) is 12.3 Å². The summed E-state index contributed by atoms with van der Waals surface area (Å²) in [5.74, 6) is -0.326. The first-order chi connectivity index (χ1) is 10.7. The molecule has 1 saturated heterocycles. The first-order valence-electron chi connectivity index (χ1n) is 6.53. The van der Waals surface area contributed by atoms with Crippen LogP contribution in [0.15, 0.2) is 17.3 Å². The van der Waals surface area contributed by atoms with Gasteiger partial charge >= 0.3 is 0 Å². The van der Waals surface area contributed by atoms with Gasteiger partial charge in [0.1, 0.15) is 24.0 Å². The molecule has 0 bridgehead atoms. The normalized spacial score (nSPS) is 28.5. The van der Waals surface area contributed by atoms with E-state index in [1.165, 1.54) is 16.8 Å². The first kappa shape index (κ1) is 16.0. The number of hydrogen-bond donors (Lipinski definition) is 5. The molecular weight excluding hydrogens is 330 g/mol. The average molecular weight is 345 g/mol. The van der Waals surface area contributed by atoms with Crippen molar-refractivity contribution in [3.63, 3.8) is 0 Å². The maximum Gasteiger partial charge on any atom is 0.256 e. The van der Waals surface area contributed by atoms with Gasteiger partial charge in [-0.25, -0.2) is 13.6 Å². The van der Waals surface area contributed by atoms with Gasteiger partial charge in [0, 0.05) is 6.20 Å². The Balaban J connectivity index is 2.16. The molecule has 23 heavy (non-hydrogen) atoms. The second kappa shape index (κ2) is 5.36. The van der Waals surface area contributed by atoms with Crippen LogP contribution in [0.3, 0.4) is 0 Å². The lowest BCUT2D eigenvalue weighted by Gasteiger charge is -2.17. The standard InChI is InChI=1S/C11H15N5O6S/c12-11-14-8-4(9(15-11)23(13,20)21)1-2-16(8)10-7(19)6(18)5(3-17)22-10/h1-2,5-7,10,17-19H,3H2,(H2,12,14,15)(H2,13,20,21)/t5-,6-,7-,10-/m1/s1. The van der Waals surface area contributed by atoms with E-state index in [4.69, 9.17) is 20.7 Å². The third kappa shape index (κ3) is 2.54. The molecule has 11 nitrogen and oxygen atoms in total. The summed E-state index contributed by atoms with van der Waals surface area (Å²) >= 11 is 0. The second-order valence-corrected chi connectivity index (χ2v) is 6.60. The average Bonchev–Trinajstić information content (AvgIpc) is 3.00. The van der Waals surface area contributed by atoms with E-state index in [2.05, 4.69) is 9.97 Å². The third-order valence-electron chi connectivity index (χ3n) is 3.62. The minimum Gasteiger partial charge on any atom is -0.394 e. The second-order valence-electron chi connectivity index (χ2n) is 5.12. The number of nitrogens with two attached hydrogens (primary N) is 2. The maximum absolute atomic E-state index is 11.6. The monoisotopic (exact) mass is 345 g/mol. The maximum atomic E-state index is 11.6. The summed E-state index contributed by atoms with van der Waals surface area (Å²) in [7, 11) is -4.14.